The highest BCUT2D eigenvalue weighted by Gasteiger charge is 2.32. The standard InChI is InChI=1S/C24H25N5O3S/c1-16(2)21-14-19(17-6-3-4-8-20(17)27-21)24(30)28-10-12-29(13-11-28)33(31,32)22-15-26-23-18(22)7-5-9-25-23/h3-9,14-16H,10-13H2,1-2H3,(H,25,26). The highest BCUT2D eigenvalue weighted by Crippen LogP contribution is 2.27. The number of nitrogens with zero attached hydrogens (tertiary/aromatic N) is 4. The maximum absolute atomic E-state index is 13.5. The van der Waals surface area contributed by atoms with E-state index in [0.29, 0.717) is 29.7 Å². The molecule has 0 saturated carbocycles. The fraction of sp³-hybridized carbons (Fsp3) is 0.292. The lowest BCUT2D eigenvalue weighted by atomic mass is 10.0. The molecule has 1 amide bonds. The second-order valence-electron chi connectivity index (χ2n) is 8.52. The molecule has 1 aliphatic rings. The summed E-state index contributed by atoms with van der Waals surface area (Å²) in [6.07, 6.45) is 3.11. The van der Waals surface area contributed by atoms with Crippen LogP contribution in [0, 0.1) is 0 Å². The molecule has 0 atom stereocenters. The smallest absolute Gasteiger partial charge is 0.254 e. The Kier molecular flexibility index (Phi) is 5.38. The number of carbonyl (C=O) groups excluding carboxylic acids is 1. The maximum Gasteiger partial charge on any atom is 0.254 e. The first-order valence-corrected chi connectivity index (χ1v) is 12.4. The van der Waals surface area contributed by atoms with Crippen LogP contribution in [0.2, 0.25) is 0 Å². The number of amides is 1. The molecule has 3 aromatic heterocycles. The average molecular weight is 464 g/mol. The van der Waals surface area contributed by atoms with Crippen LogP contribution in [-0.2, 0) is 10.0 Å². The van der Waals surface area contributed by atoms with Gasteiger partial charge in [0, 0.05) is 55.0 Å². The van der Waals surface area contributed by atoms with Crippen molar-refractivity contribution in [1.29, 1.82) is 0 Å². The van der Waals surface area contributed by atoms with E-state index in [-0.39, 0.29) is 29.8 Å². The van der Waals surface area contributed by atoms with Gasteiger partial charge in [-0.3, -0.25) is 9.78 Å². The van der Waals surface area contributed by atoms with Crippen molar-refractivity contribution in [3.63, 3.8) is 0 Å². The largest absolute Gasteiger partial charge is 0.345 e. The lowest BCUT2D eigenvalue weighted by molar-refractivity contribution is 0.0699. The number of carbonyl (C=O) groups is 1. The number of piperazine rings is 1. The topological polar surface area (TPSA) is 99.3 Å². The molecule has 0 aliphatic carbocycles. The van der Waals surface area contributed by atoms with Gasteiger partial charge in [-0.25, -0.2) is 13.4 Å². The SMILES string of the molecule is CC(C)c1cc(C(=O)N2CCN(S(=O)(=O)c3c[nH]c4ncccc34)CC2)c2ccccc2n1. The van der Waals surface area contributed by atoms with Crippen LogP contribution in [0.3, 0.4) is 0 Å². The lowest BCUT2D eigenvalue weighted by Gasteiger charge is -2.34. The van der Waals surface area contributed by atoms with E-state index in [1.54, 1.807) is 23.2 Å². The molecule has 9 heteroatoms. The van der Waals surface area contributed by atoms with Crippen molar-refractivity contribution >= 4 is 37.9 Å². The Labute approximate surface area is 192 Å². The fourth-order valence-corrected chi connectivity index (χ4v) is 5.83. The molecule has 1 saturated heterocycles. The number of nitrogens with one attached hydrogen (secondary N) is 1. The molecule has 170 valence electrons. The average Bonchev–Trinajstić information content (AvgIpc) is 3.28. The first kappa shape index (κ1) is 21.5. The van der Waals surface area contributed by atoms with Gasteiger partial charge in [0.2, 0.25) is 10.0 Å². The zero-order valence-electron chi connectivity index (χ0n) is 18.5. The number of H-pyrrole nitrogens is 1. The van der Waals surface area contributed by atoms with Gasteiger partial charge in [-0.15, -0.1) is 0 Å². The second kappa shape index (κ2) is 8.24. The number of aromatic nitrogens is 3. The summed E-state index contributed by atoms with van der Waals surface area (Å²) in [7, 11) is -3.70. The van der Waals surface area contributed by atoms with Gasteiger partial charge >= 0.3 is 0 Å². The molecular formula is C24H25N5O3S. The number of sulfonamides is 1. The van der Waals surface area contributed by atoms with Crippen molar-refractivity contribution < 1.29 is 13.2 Å². The van der Waals surface area contributed by atoms with Gasteiger partial charge in [-0.1, -0.05) is 32.0 Å². The van der Waals surface area contributed by atoms with Gasteiger partial charge in [-0.2, -0.15) is 4.31 Å². The Balaban J connectivity index is 1.39. The van der Waals surface area contributed by atoms with Gasteiger partial charge in [0.1, 0.15) is 10.5 Å². The molecule has 0 unspecified atom stereocenters. The van der Waals surface area contributed by atoms with Crippen LogP contribution in [0.25, 0.3) is 21.9 Å². The van der Waals surface area contributed by atoms with Crippen LogP contribution in [-0.4, -0.2) is 64.7 Å². The molecule has 0 bridgehead atoms. The number of aromatic amines is 1. The second-order valence-corrected chi connectivity index (χ2v) is 10.4. The molecule has 5 rings (SSSR count). The summed E-state index contributed by atoms with van der Waals surface area (Å²) in [6, 6.07) is 13.0. The zero-order valence-corrected chi connectivity index (χ0v) is 19.3. The summed E-state index contributed by atoms with van der Waals surface area (Å²) < 4.78 is 28.0. The minimum Gasteiger partial charge on any atom is -0.345 e. The van der Waals surface area contributed by atoms with E-state index in [1.165, 1.54) is 10.5 Å². The number of hydrogen-bond acceptors (Lipinski definition) is 5. The minimum absolute atomic E-state index is 0.0937. The van der Waals surface area contributed by atoms with Crippen LogP contribution in [0.15, 0.2) is 59.8 Å². The monoisotopic (exact) mass is 463 g/mol. The van der Waals surface area contributed by atoms with Crippen molar-refractivity contribution in [3.05, 3.63) is 66.1 Å². The predicted octanol–water partition coefficient (Wildman–Crippen LogP) is 3.38. The van der Waals surface area contributed by atoms with Gasteiger partial charge in [-0.05, 0) is 30.2 Å². The van der Waals surface area contributed by atoms with Crippen LogP contribution in [0.1, 0.15) is 35.8 Å². The Morgan fingerprint density at radius 3 is 2.52 bits per heavy atom. The molecule has 4 aromatic rings. The van der Waals surface area contributed by atoms with Crippen LogP contribution in [0.4, 0.5) is 0 Å². The Morgan fingerprint density at radius 2 is 1.76 bits per heavy atom. The first-order valence-electron chi connectivity index (χ1n) is 11.0. The lowest BCUT2D eigenvalue weighted by Crippen LogP contribution is -2.50. The third-order valence-corrected chi connectivity index (χ3v) is 8.05. The number of pyridine rings is 2. The molecule has 33 heavy (non-hydrogen) atoms. The summed E-state index contributed by atoms with van der Waals surface area (Å²) >= 11 is 0. The molecule has 4 heterocycles. The van der Waals surface area contributed by atoms with E-state index in [4.69, 9.17) is 4.98 Å². The van der Waals surface area contributed by atoms with E-state index in [1.807, 2.05) is 30.3 Å². The summed E-state index contributed by atoms with van der Waals surface area (Å²) in [5, 5.41) is 1.38. The zero-order chi connectivity index (χ0) is 23.2. The first-order chi connectivity index (χ1) is 15.9. The van der Waals surface area contributed by atoms with Crippen molar-refractivity contribution in [2.45, 2.75) is 24.7 Å². The van der Waals surface area contributed by atoms with Crippen molar-refractivity contribution in [1.82, 2.24) is 24.2 Å². The maximum atomic E-state index is 13.5. The van der Waals surface area contributed by atoms with Crippen molar-refractivity contribution in [2.24, 2.45) is 0 Å². The molecule has 8 nitrogen and oxygen atoms in total. The normalized spacial score (nSPS) is 15.5. The van der Waals surface area contributed by atoms with Gasteiger partial charge < -0.3 is 9.88 Å². The van der Waals surface area contributed by atoms with Crippen LogP contribution < -0.4 is 0 Å². The molecule has 1 aliphatic heterocycles. The molecule has 1 aromatic carbocycles. The summed E-state index contributed by atoms with van der Waals surface area (Å²) in [5.74, 6) is 0.0950. The van der Waals surface area contributed by atoms with E-state index < -0.39 is 10.0 Å². The Bertz CT molecular complexity index is 1450. The number of para-hydroxylation sites is 1. The van der Waals surface area contributed by atoms with E-state index in [0.717, 1.165) is 16.6 Å². The summed E-state index contributed by atoms with van der Waals surface area (Å²) in [6.45, 7) is 5.23. The molecule has 0 spiro atoms. The van der Waals surface area contributed by atoms with Crippen molar-refractivity contribution in [2.75, 3.05) is 26.2 Å². The van der Waals surface area contributed by atoms with E-state index in [2.05, 4.69) is 23.8 Å². The highest BCUT2D eigenvalue weighted by molar-refractivity contribution is 7.89. The van der Waals surface area contributed by atoms with E-state index in [9.17, 15) is 13.2 Å². The number of benzene rings is 1. The van der Waals surface area contributed by atoms with Gasteiger partial charge in [0.05, 0.1) is 11.1 Å². The van der Waals surface area contributed by atoms with Gasteiger partial charge in [0.15, 0.2) is 0 Å². The Hall–Kier alpha value is -3.30. The highest BCUT2D eigenvalue weighted by atomic mass is 32.2. The predicted molar refractivity (Wildman–Crippen MR) is 127 cm³/mol. The number of rotatable bonds is 4. The molecule has 1 N–H and O–H groups in total. The molecule has 0 radical (unpaired) electrons. The molecule has 1 fully saturated rings. The summed E-state index contributed by atoms with van der Waals surface area (Å²) in [4.78, 5) is 27.2. The van der Waals surface area contributed by atoms with Gasteiger partial charge in [0.25, 0.3) is 5.91 Å². The van der Waals surface area contributed by atoms with E-state index >= 15 is 0 Å². The van der Waals surface area contributed by atoms with Crippen LogP contribution >= 0.6 is 0 Å². The fourth-order valence-electron chi connectivity index (χ4n) is 4.25. The quantitative estimate of drug-likeness (QED) is 0.500. The van der Waals surface area contributed by atoms with Crippen LogP contribution in [0.5, 0.6) is 0 Å². The molecular weight excluding hydrogens is 438 g/mol. The summed E-state index contributed by atoms with van der Waals surface area (Å²) in [5.41, 5.74) is 2.81. The number of fused-ring (bicyclic) bond motifs is 2. The van der Waals surface area contributed by atoms with Crippen molar-refractivity contribution in [3.8, 4) is 0 Å². The number of hydrogen-bond donors (Lipinski definition) is 1. The third-order valence-electron chi connectivity index (χ3n) is 6.11. The third kappa shape index (κ3) is 3.77. The Morgan fingerprint density at radius 1 is 1.03 bits per heavy atom. The minimum atomic E-state index is -3.70.